The van der Waals surface area contributed by atoms with Crippen LogP contribution >= 0.6 is 0 Å². The van der Waals surface area contributed by atoms with Crippen LogP contribution in [0.5, 0.6) is 5.75 Å². The van der Waals surface area contributed by atoms with E-state index in [-0.39, 0.29) is 5.91 Å². The van der Waals surface area contributed by atoms with Gasteiger partial charge in [-0.25, -0.2) is 0 Å². The van der Waals surface area contributed by atoms with Crippen LogP contribution in [-0.2, 0) is 6.61 Å². The van der Waals surface area contributed by atoms with Gasteiger partial charge in [-0.05, 0) is 42.3 Å². The number of carbonyl (C=O) groups is 1. The van der Waals surface area contributed by atoms with Crippen molar-refractivity contribution in [2.45, 2.75) is 19.6 Å². The van der Waals surface area contributed by atoms with Gasteiger partial charge in [0.15, 0.2) is 0 Å². The Hall–Kier alpha value is -2.33. The molecule has 2 aromatic rings. The molecule has 0 fully saturated rings. The molecule has 0 spiro atoms. The van der Waals surface area contributed by atoms with Gasteiger partial charge in [-0.3, -0.25) is 4.79 Å². The third-order valence-electron chi connectivity index (χ3n) is 3.33. The summed E-state index contributed by atoms with van der Waals surface area (Å²) in [6.45, 7) is 2.09. The minimum Gasteiger partial charge on any atom is -0.489 e. The molecule has 4 nitrogen and oxygen atoms in total. The van der Waals surface area contributed by atoms with Gasteiger partial charge in [0.1, 0.15) is 12.4 Å². The summed E-state index contributed by atoms with van der Waals surface area (Å²) in [5.41, 5.74) is 2.38. The zero-order valence-electron chi connectivity index (χ0n) is 13.1. The normalized spacial score (nSPS) is 11.8. The van der Waals surface area contributed by atoms with E-state index in [9.17, 15) is 9.90 Å². The average Bonchev–Trinajstić information content (AvgIpc) is 2.52. The third-order valence-corrected chi connectivity index (χ3v) is 3.33. The predicted octanol–water partition coefficient (Wildman–Crippen LogP) is 3.02. The van der Waals surface area contributed by atoms with Crippen molar-refractivity contribution in [2.24, 2.45) is 0 Å². The van der Waals surface area contributed by atoms with Crippen molar-refractivity contribution in [3.63, 3.8) is 0 Å². The largest absolute Gasteiger partial charge is 0.489 e. The summed E-state index contributed by atoms with van der Waals surface area (Å²) < 4.78 is 5.74. The predicted molar refractivity (Wildman–Crippen MR) is 85.9 cm³/mol. The topological polar surface area (TPSA) is 49.8 Å². The van der Waals surface area contributed by atoms with Crippen molar-refractivity contribution in [2.75, 3.05) is 14.1 Å². The summed E-state index contributed by atoms with van der Waals surface area (Å²) in [6, 6.07) is 14.8. The molecule has 0 saturated heterocycles. The van der Waals surface area contributed by atoms with Crippen molar-refractivity contribution in [1.82, 2.24) is 4.90 Å². The fourth-order valence-electron chi connectivity index (χ4n) is 2.08. The fraction of sp³-hybridized carbons (Fsp3) is 0.278. The number of aliphatic hydroxyl groups excluding tert-OH is 1. The zero-order chi connectivity index (χ0) is 16.1. The highest BCUT2D eigenvalue weighted by molar-refractivity contribution is 5.94. The molecule has 0 radical (unpaired) electrons. The summed E-state index contributed by atoms with van der Waals surface area (Å²) >= 11 is 0. The Morgan fingerprint density at radius 1 is 1.18 bits per heavy atom. The van der Waals surface area contributed by atoms with Gasteiger partial charge in [0.05, 0.1) is 6.10 Å². The number of ether oxygens (including phenoxy) is 1. The summed E-state index contributed by atoms with van der Waals surface area (Å²) in [7, 11) is 3.46. The lowest BCUT2D eigenvalue weighted by Gasteiger charge is -2.12. The van der Waals surface area contributed by atoms with Crippen molar-refractivity contribution >= 4 is 5.91 Å². The molecule has 4 heteroatoms. The molecule has 1 amide bonds. The highest BCUT2D eigenvalue weighted by Gasteiger charge is 2.08. The molecule has 0 bridgehead atoms. The molecule has 0 aliphatic heterocycles. The Kier molecular flexibility index (Phi) is 5.17. The second kappa shape index (κ2) is 7.09. The van der Waals surface area contributed by atoms with E-state index in [1.807, 2.05) is 42.5 Å². The highest BCUT2D eigenvalue weighted by Crippen LogP contribution is 2.20. The molecule has 0 saturated carbocycles. The highest BCUT2D eigenvalue weighted by atomic mass is 16.5. The zero-order valence-corrected chi connectivity index (χ0v) is 13.1. The van der Waals surface area contributed by atoms with E-state index in [0.29, 0.717) is 17.9 Å². The smallest absolute Gasteiger partial charge is 0.253 e. The number of carbonyl (C=O) groups excluding carboxylic acids is 1. The van der Waals surface area contributed by atoms with Crippen molar-refractivity contribution in [1.29, 1.82) is 0 Å². The lowest BCUT2D eigenvalue weighted by Crippen LogP contribution is -2.21. The lowest BCUT2D eigenvalue weighted by atomic mass is 10.1. The van der Waals surface area contributed by atoms with Crippen LogP contribution < -0.4 is 4.74 Å². The average molecular weight is 299 g/mol. The van der Waals surface area contributed by atoms with Crippen molar-refractivity contribution in [3.8, 4) is 5.75 Å². The van der Waals surface area contributed by atoms with Crippen LogP contribution in [0.3, 0.4) is 0 Å². The maximum Gasteiger partial charge on any atom is 0.253 e. The first kappa shape index (κ1) is 16.0. The molecule has 22 heavy (non-hydrogen) atoms. The van der Waals surface area contributed by atoms with Gasteiger partial charge in [-0.1, -0.05) is 24.3 Å². The standard InChI is InChI=1S/C18H21NO3/c1-13(20)15-7-5-9-17(11-15)22-12-14-6-4-8-16(10-14)18(21)19(2)3/h4-11,13,20H,12H2,1-3H3. The molecule has 0 aliphatic carbocycles. The quantitative estimate of drug-likeness (QED) is 0.923. The Morgan fingerprint density at radius 3 is 2.59 bits per heavy atom. The van der Waals surface area contributed by atoms with Gasteiger partial charge in [0.25, 0.3) is 5.91 Å². The summed E-state index contributed by atoms with van der Waals surface area (Å²) in [5, 5.41) is 9.59. The van der Waals surface area contributed by atoms with Crippen LogP contribution in [0.25, 0.3) is 0 Å². The number of aliphatic hydroxyl groups is 1. The minimum atomic E-state index is -0.524. The van der Waals surface area contributed by atoms with E-state index < -0.39 is 6.10 Å². The van der Waals surface area contributed by atoms with Gasteiger partial charge in [0.2, 0.25) is 0 Å². The molecule has 0 aromatic heterocycles. The summed E-state index contributed by atoms with van der Waals surface area (Å²) in [6.07, 6.45) is -0.524. The Balaban J connectivity index is 2.07. The van der Waals surface area contributed by atoms with E-state index in [1.54, 1.807) is 32.0 Å². The van der Waals surface area contributed by atoms with E-state index in [4.69, 9.17) is 4.74 Å². The molecule has 2 rings (SSSR count). The third kappa shape index (κ3) is 4.09. The first-order valence-electron chi connectivity index (χ1n) is 7.19. The molecule has 1 N–H and O–H groups in total. The van der Waals surface area contributed by atoms with Gasteiger partial charge in [-0.2, -0.15) is 0 Å². The Morgan fingerprint density at radius 2 is 1.91 bits per heavy atom. The SMILES string of the molecule is CC(O)c1cccc(OCc2cccc(C(=O)N(C)C)c2)c1. The number of amides is 1. The van der Waals surface area contributed by atoms with E-state index in [1.165, 1.54) is 0 Å². The number of hydrogen-bond acceptors (Lipinski definition) is 3. The monoisotopic (exact) mass is 299 g/mol. The molecule has 0 heterocycles. The molecule has 2 aromatic carbocycles. The molecule has 0 aliphatic rings. The minimum absolute atomic E-state index is 0.0297. The first-order valence-corrected chi connectivity index (χ1v) is 7.19. The van der Waals surface area contributed by atoms with Gasteiger partial charge < -0.3 is 14.7 Å². The Labute approximate surface area is 131 Å². The van der Waals surface area contributed by atoms with E-state index in [2.05, 4.69) is 0 Å². The number of nitrogens with zero attached hydrogens (tertiary/aromatic N) is 1. The second-order valence-corrected chi connectivity index (χ2v) is 5.44. The van der Waals surface area contributed by atoms with Gasteiger partial charge in [0, 0.05) is 19.7 Å². The molecule has 116 valence electrons. The summed E-state index contributed by atoms with van der Waals surface area (Å²) in [5.74, 6) is 0.667. The van der Waals surface area contributed by atoms with Crippen LogP contribution in [0.2, 0.25) is 0 Å². The van der Waals surface area contributed by atoms with Crippen LogP contribution in [0.15, 0.2) is 48.5 Å². The molecular formula is C18H21NO3. The van der Waals surface area contributed by atoms with Crippen LogP contribution in [-0.4, -0.2) is 30.0 Å². The van der Waals surface area contributed by atoms with E-state index in [0.717, 1.165) is 11.1 Å². The van der Waals surface area contributed by atoms with Crippen LogP contribution in [0.4, 0.5) is 0 Å². The first-order chi connectivity index (χ1) is 10.5. The van der Waals surface area contributed by atoms with Gasteiger partial charge >= 0.3 is 0 Å². The fourth-order valence-corrected chi connectivity index (χ4v) is 2.08. The lowest BCUT2D eigenvalue weighted by molar-refractivity contribution is 0.0827. The van der Waals surface area contributed by atoms with E-state index >= 15 is 0 Å². The molecule has 1 unspecified atom stereocenters. The number of hydrogen-bond donors (Lipinski definition) is 1. The number of rotatable bonds is 5. The van der Waals surface area contributed by atoms with Crippen LogP contribution in [0.1, 0.15) is 34.5 Å². The van der Waals surface area contributed by atoms with Gasteiger partial charge in [-0.15, -0.1) is 0 Å². The second-order valence-electron chi connectivity index (χ2n) is 5.44. The molecular weight excluding hydrogens is 278 g/mol. The molecule has 1 atom stereocenters. The Bertz CT molecular complexity index is 650. The maximum atomic E-state index is 11.9. The number of benzene rings is 2. The maximum absolute atomic E-state index is 11.9. The summed E-state index contributed by atoms with van der Waals surface area (Å²) in [4.78, 5) is 13.5. The van der Waals surface area contributed by atoms with Crippen LogP contribution in [0, 0.1) is 0 Å². The van der Waals surface area contributed by atoms with Crippen molar-refractivity contribution in [3.05, 3.63) is 65.2 Å². The van der Waals surface area contributed by atoms with Crippen molar-refractivity contribution < 1.29 is 14.6 Å².